The lowest BCUT2D eigenvalue weighted by Gasteiger charge is -2.33. The summed E-state index contributed by atoms with van der Waals surface area (Å²) in [4.78, 5) is 24.4. The van der Waals surface area contributed by atoms with E-state index in [0.717, 1.165) is 10.8 Å². The van der Waals surface area contributed by atoms with Gasteiger partial charge in [0.2, 0.25) is 15.9 Å². The third-order valence-corrected chi connectivity index (χ3v) is 6.50. The Morgan fingerprint density at radius 1 is 1.00 bits per heavy atom. The summed E-state index contributed by atoms with van der Waals surface area (Å²) in [6.07, 6.45) is 0.139. The van der Waals surface area contributed by atoms with Crippen LogP contribution in [0.15, 0.2) is 47.4 Å². The topological polar surface area (TPSA) is 113 Å². The largest absolute Gasteiger partial charge is 0.351 e. The number of urea groups is 1. The molecule has 8 nitrogen and oxygen atoms in total. The van der Waals surface area contributed by atoms with E-state index < -0.39 is 22.0 Å². The van der Waals surface area contributed by atoms with Crippen molar-refractivity contribution in [2.45, 2.75) is 11.3 Å². The maximum atomic E-state index is 12.9. The molecule has 1 aliphatic heterocycles. The van der Waals surface area contributed by atoms with Gasteiger partial charge in [0.1, 0.15) is 0 Å². The summed E-state index contributed by atoms with van der Waals surface area (Å²) in [5.74, 6) is -0.436. The van der Waals surface area contributed by atoms with Crippen molar-refractivity contribution < 1.29 is 18.0 Å². The number of carbonyl (C=O) groups excluding carboxylic acids is 2. The number of benzene rings is 2. The predicted molar refractivity (Wildman–Crippen MR) is 101 cm³/mol. The van der Waals surface area contributed by atoms with Crippen LogP contribution < -0.4 is 11.1 Å². The highest BCUT2D eigenvalue weighted by Gasteiger charge is 2.28. The first-order valence-electron chi connectivity index (χ1n) is 8.67. The summed E-state index contributed by atoms with van der Waals surface area (Å²) in [6, 6.07) is 11.9. The van der Waals surface area contributed by atoms with Crippen LogP contribution in [0.4, 0.5) is 4.79 Å². The molecule has 0 aromatic heterocycles. The number of nitrogens with zero attached hydrogens (tertiary/aromatic N) is 2. The van der Waals surface area contributed by atoms with Gasteiger partial charge in [-0.2, -0.15) is 4.31 Å². The van der Waals surface area contributed by atoms with Crippen LogP contribution in [-0.2, 0) is 14.8 Å². The van der Waals surface area contributed by atoms with Crippen molar-refractivity contribution in [1.29, 1.82) is 0 Å². The lowest BCUT2D eigenvalue weighted by molar-refractivity contribution is -0.120. The molecule has 0 spiro atoms. The highest BCUT2D eigenvalue weighted by atomic mass is 32.2. The van der Waals surface area contributed by atoms with Crippen molar-refractivity contribution in [3.63, 3.8) is 0 Å². The lowest BCUT2D eigenvalue weighted by Crippen LogP contribution is -2.49. The minimum atomic E-state index is -3.56. The number of amides is 3. The van der Waals surface area contributed by atoms with Gasteiger partial charge in [-0.05, 0) is 22.9 Å². The first kappa shape index (κ1) is 19.3. The van der Waals surface area contributed by atoms with Gasteiger partial charge >= 0.3 is 6.03 Å². The molecule has 0 atom stereocenters. The van der Waals surface area contributed by atoms with E-state index >= 15 is 0 Å². The normalized spacial score (nSPS) is 16.3. The van der Waals surface area contributed by atoms with Gasteiger partial charge in [0.25, 0.3) is 0 Å². The summed E-state index contributed by atoms with van der Waals surface area (Å²) >= 11 is 0. The first-order chi connectivity index (χ1) is 12.9. The van der Waals surface area contributed by atoms with E-state index in [4.69, 9.17) is 5.73 Å². The fourth-order valence-corrected chi connectivity index (χ4v) is 4.59. The van der Waals surface area contributed by atoms with Crippen LogP contribution in [-0.4, -0.2) is 62.3 Å². The Labute approximate surface area is 158 Å². The summed E-state index contributed by atoms with van der Waals surface area (Å²) in [6.45, 7) is 2.20. The van der Waals surface area contributed by atoms with E-state index in [9.17, 15) is 18.0 Å². The van der Waals surface area contributed by atoms with Gasteiger partial charge in [-0.1, -0.05) is 30.3 Å². The number of nitrogens with two attached hydrogens (primary N) is 1. The zero-order chi connectivity index (χ0) is 19.4. The molecule has 3 rings (SSSR count). The second-order valence-electron chi connectivity index (χ2n) is 6.42. The van der Waals surface area contributed by atoms with Crippen LogP contribution in [0.3, 0.4) is 0 Å². The van der Waals surface area contributed by atoms with Crippen LogP contribution in [0.2, 0.25) is 0 Å². The highest BCUT2D eigenvalue weighted by molar-refractivity contribution is 7.89. The minimum Gasteiger partial charge on any atom is -0.351 e. The molecule has 0 unspecified atom stereocenters. The van der Waals surface area contributed by atoms with E-state index in [2.05, 4.69) is 0 Å². The average Bonchev–Trinajstić information content (AvgIpc) is 2.66. The molecule has 144 valence electrons. The van der Waals surface area contributed by atoms with E-state index in [1.807, 2.05) is 40.5 Å². The second-order valence-corrected chi connectivity index (χ2v) is 8.36. The number of nitrogens with one attached hydrogen (secondary N) is 1. The molecule has 1 heterocycles. The Balaban J connectivity index is 1.60. The van der Waals surface area contributed by atoms with Gasteiger partial charge in [0.05, 0.1) is 4.90 Å². The second kappa shape index (κ2) is 8.03. The van der Waals surface area contributed by atoms with Gasteiger partial charge in [-0.15, -0.1) is 0 Å². The predicted octanol–water partition coefficient (Wildman–Crippen LogP) is 0.731. The monoisotopic (exact) mass is 390 g/mol. The zero-order valence-corrected chi connectivity index (χ0v) is 15.6. The Morgan fingerprint density at radius 2 is 1.67 bits per heavy atom. The van der Waals surface area contributed by atoms with Crippen LogP contribution in [0, 0.1) is 0 Å². The van der Waals surface area contributed by atoms with Gasteiger partial charge in [-0.3, -0.25) is 10.1 Å². The van der Waals surface area contributed by atoms with Crippen molar-refractivity contribution in [1.82, 2.24) is 14.5 Å². The number of imide groups is 1. The smallest absolute Gasteiger partial charge is 0.318 e. The Bertz CT molecular complexity index is 953. The summed E-state index contributed by atoms with van der Waals surface area (Å²) in [5.41, 5.74) is 4.90. The molecule has 3 N–H and O–H groups in total. The number of primary amides is 1. The number of sulfonamides is 1. The van der Waals surface area contributed by atoms with Crippen LogP contribution in [0.5, 0.6) is 0 Å². The fourth-order valence-electron chi connectivity index (χ4n) is 3.13. The van der Waals surface area contributed by atoms with Crippen molar-refractivity contribution in [3.8, 4) is 0 Å². The molecule has 0 radical (unpaired) electrons. The average molecular weight is 390 g/mol. The van der Waals surface area contributed by atoms with Crippen LogP contribution in [0.1, 0.15) is 6.42 Å². The minimum absolute atomic E-state index is 0.139. The van der Waals surface area contributed by atoms with E-state index in [1.165, 1.54) is 4.31 Å². The molecule has 2 aromatic rings. The Kier molecular flexibility index (Phi) is 5.73. The molecule has 2 aromatic carbocycles. The SMILES string of the molecule is NC(=O)NC(=O)CCN1CCN(S(=O)(=O)c2ccc3ccccc3c2)CC1. The molecule has 27 heavy (non-hydrogen) atoms. The number of hydrogen-bond acceptors (Lipinski definition) is 5. The van der Waals surface area contributed by atoms with E-state index in [-0.39, 0.29) is 11.3 Å². The zero-order valence-electron chi connectivity index (χ0n) is 14.8. The fraction of sp³-hybridized carbons (Fsp3) is 0.333. The number of rotatable bonds is 5. The van der Waals surface area contributed by atoms with Crippen LogP contribution >= 0.6 is 0 Å². The Morgan fingerprint density at radius 3 is 2.33 bits per heavy atom. The number of hydrogen-bond donors (Lipinski definition) is 2. The standard InChI is InChI=1S/C18H22N4O4S/c19-18(24)20-17(23)7-8-21-9-11-22(12-10-21)27(25,26)16-6-5-14-3-1-2-4-15(14)13-16/h1-6,13H,7-12H2,(H3,19,20,23,24). The molecular weight excluding hydrogens is 368 g/mol. The summed E-state index contributed by atoms with van der Waals surface area (Å²) < 4.78 is 27.3. The van der Waals surface area contributed by atoms with Gasteiger partial charge in [-0.25, -0.2) is 13.2 Å². The maximum absolute atomic E-state index is 12.9. The number of piperazine rings is 1. The first-order valence-corrected chi connectivity index (χ1v) is 10.1. The maximum Gasteiger partial charge on any atom is 0.318 e. The molecule has 0 aliphatic carbocycles. The van der Waals surface area contributed by atoms with Gasteiger partial charge < -0.3 is 10.6 Å². The van der Waals surface area contributed by atoms with E-state index in [0.29, 0.717) is 32.7 Å². The molecule has 1 fully saturated rings. The number of fused-ring (bicyclic) bond motifs is 1. The Hall–Kier alpha value is -2.49. The third kappa shape index (κ3) is 4.62. The number of carbonyl (C=O) groups is 2. The van der Waals surface area contributed by atoms with Crippen molar-refractivity contribution in [3.05, 3.63) is 42.5 Å². The van der Waals surface area contributed by atoms with Gasteiger partial charge in [0, 0.05) is 39.1 Å². The van der Waals surface area contributed by atoms with Crippen molar-refractivity contribution >= 4 is 32.7 Å². The van der Waals surface area contributed by atoms with Crippen molar-refractivity contribution in [2.75, 3.05) is 32.7 Å². The molecular formula is C18H22N4O4S. The quantitative estimate of drug-likeness (QED) is 0.782. The van der Waals surface area contributed by atoms with E-state index in [1.54, 1.807) is 12.1 Å². The third-order valence-electron chi connectivity index (χ3n) is 4.61. The molecule has 3 amide bonds. The molecule has 0 saturated carbocycles. The van der Waals surface area contributed by atoms with Gasteiger partial charge in [0.15, 0.2) is 0 Å². The summed E-state index contributed by atoms with van der Waals surface area (Å²) in [7, 11) is -3.56. The molecule has 9 heteroatoms. The highest BCUT2D eigenvalue weighted by Crippen LogP contribution is 2.22. The molecule has 0 bridgehead atoms. The lowest BCUT2D eigenvalue weighted by atomic mass is 10.1. The van der Waals surface area contributed by atoms with Crippen LogP contribution in [0.25, 0.3) is 10.8 Å². The van der Waals surface area contributed by atoms with Crippen molar-refractivity contribution in [2.24, 2.45) is 5.73 Å². The molecule has 1 saturated heterocycles. The molecule has 1 aliphatic rings. The summed E-state index contributed by atoms with van der Waals surface area (Å²) in [5, 5.41) is 3.90.